The summed E-state index contributed by atoms with van der Waals surface area (Å²) in [6.45, 7) is 10.5. The van der Waals surface area contributed by atoms with E-state index < -0.39 is 0 Å². The number of carbonyl (C=O) groups excluding carboxylic acids is 1. The Hall–Kier alpha value is -0.330. The SMILES string of the molecule is CCCCCCC(C)CC(=O)C(C)(C)C. The molecule has 15 heavy (non-hydrogen) atoms. The lowest BCUT2D eigenvalue weighted by molar-refractivity contribution is -0.127. The lowest BCUT2D eigenvalue weighted by Crippen LogP contribution is -2.22. The molecule has 1 atom stereocenters. The number of ketones is 1. The van der Waals surface area contributed by atoms with E-state index in [1.54, 1.807) is 0 Å². The summed E-state index contributed by atoms with van der Waals surface area (Å²) in [6, 6.07) is 0. The van der Waals surface area contributed by atoms with Crippen LogP contribution in [0, 0.1) is 11.3 Å². The average Bonchev–Trinajstić information content (AvgIpc) is 2.11. The molecule has 0 aliphatic rings. The van der Waals surface area contributed by atoms with Crippen molar-refractivity contribution in [3.05, 3.63) is 0 Å². The summed E-state index contributed by atoms with van der Waals surface area (Å²) in [5.41, 5.74) is -0.155. The third-order valence-corrected chi connectivity index (χ3v) is 2.92. The van der Waals surface area contributed by atoms with Gasteiger partial charge in [-0.25, -0.2) is 0 Å². The molecule has 1 nitrogen and oxygen atoms in total. The van der Waals surface area contributed by atoms with E-state index in [0.717, 1.165) is 6.42 Å². The molecule has 0 heterocycles. The molecule has 0 aromatic heterocycles. The Morgan fingerprint density at radius 1 is 1.13 bits per heavy atom. The molecule has 0 aliphatic carbocycles. The quantitative estimate of drug-likeness (QED) is 0.564. The molecule has 1 heteroatoms. The van der Waals surface area contributed by atoms with Crippen LogP contribution in [0.4, 0.5) is 0 Å². The monoisotopic (exact) mass is 212 g/mol. The number of hydrogen-bond donors (Lipinski definition) is 0. The number of rotatable bonds is 7. The van der Waals surface area contributed by atoms with Crippen LogP contribution >= 0.6 is 0 Å². The van der Waals surface area contributed by atoms with Gasteiger partial charge in [0.15, 0.2) is 0 Å². The Kier molecular flexibility index (Phi) is 6.87. The van der Waals surface area contributed by atoms with Gasteiger partial charge in [0, 0.05) is 11.8 Å². The number of Topliss-reactive ketones (excluding diaryl/α,β-unsaturated/α-hetero) is 1. The topological polar surface area (TPSA) is 17.1 Å². The first-order chi connectivity index (χ1) is 6.88. The van der Waals surface area contributed by atoms with Gasteiger partial charge in [-0.15, -0.1) is 0 Å². The summed E-state index contributed by atoms with van der Waals surface area (Å²) in [4.78, 5) is 11.8. The van der Waals surface area contributed by atoms with Crippen LogP contribution in [0.5, 0.6) is 0 Å². The van der Waals surface area contributed by atoms with Crippen molar-refractivity contribution >= 4 is 5.78 Å². The molecule has 0 spiro atoms. The number of unbranched alkanes of at least 4 members (excludes halogenated alkanes) is 3. The minimum atomic E-state index is -0.155. The van der Waals surface area contributed by atoms with E-state index in [2.05, 4.69) is 13.8 Å². The first-order valence-electron chi connectivity index (χ1n) is 6.41. The lowest BCUT2D eigenvalue weighted by atomic mass is 9.84. The first kappa shape index (κ1) is 14.7. The summed E-state index contributed by atoms with van der Waals surface area (Å²) in [5, 5.41) is 0. The average molecular weight is 212 g/mol. The van der Waals surface area contributed by atoms with E-state index in [1.165, 1.54) is 32.1 Å². The third-order valence-electron chi connectivity index (χ3n) is 2.92. The van der Waals surface area contributed by atoms with Gasteiger partial charge in [-0.2, -0.15) is 0 Å². The molecule has 0 aromatic carbocycles. The largest absolute Gasteiger partial charge is 0.299 e. The molecule has 0 radical (unpaired) electrons. The predicted octanol–water partition coefficient (Wildman–Crippen LogP) is 4.60. The number of hydrogen-bond acceptors (Lipinski definition) is 1. The van der Waals surface area contributed by atoms with Crippen molar-refractivity contribution in [1.82, 2.24) is 0 Å². The second-order valence-corrected chi connectivity index (χ2v) is 5.83. The van der Waals surface area contributed by atoms with Crippen molar-refractivity contribution in [2.75, 3.05) is 0 Å². The summed E-state index contributed by atoms with van der Waals surface area (Å²) in [7, 11) is 0. The highest BCUT2D eigenvalue weighted by Crippen LogP contribution is 2.22. The minimum absolute atomic E-state index is 0.155. The van der Waals surface area contributed by atoms with Crippen molar-refractivity contribution in [2.24, 2.45) is 11.3 Å². The maximum atomic E-state index is 11.8. The first-order valence-corrected chi connectivity index (χ1v) is 6.41. The Bertz CT molecular complexity index is 176. The molecule has 0 N–H and O–H groups in total. The van der Waals surface area contributed by atoms with Crippen molar-refractivity contribution in [2.45, 2.75) is 73.1 Å². The molecule has 0 aliphatic heterocycles. The zero-order chi connectivity index (χ0) is 11.9. The standard InChI is InChI=1S/C14H28O/c1-6-7-8-9-10-12(2)11-13(15)14(3,4)5/h12H,6-11H2,1-5H3. The van der Waals surface area contributed by atoms with E-state index in [4.69, 9.17) is 0 Å². The van der Waals surface area contributed by atoms with Gasteiger partial charge in [0.1, 0.15) is 5.78 Å². The predicted molar refractivity (Wildman–Crippen MR) is 67.0 cm³/mol. The second-order valence-electron chi connectivity index (χ2n) is 5.83. The second kappa shape index (κ2) is 7.03. The van der Waals surface area contributed by atoms with Crippen LogP contribution in [0.25, 0.3) is 0 Å². The van der Waals surface area contributed by atoms with E-state index in [-0.39, 0.29) is 5.41 Å². The van der Waals surface area contributed by atoms with Crippen molar-refractivity contribution in [3.8, 4) is 0 Å². The van der Waals surface area contributed by atoms with E-state index >= 15 is 0 Å². The van der Waals surface area contributed by atoms with E-state index in [1.807, 2.05) is 20.8 Å². The molecule has 0 rings (SSSR count). The highest BCUT2D eigenvalue weighted by molar-refractivity contribution is 5.83. The normalized spacial score (nSPS) is 13.9. The van der Waals surface area contributed by atoms with Gasteiger partial charge < -0.3 is 0 Å². The van der Waals surface area contributed by atoms with Crippen molar-refractivity contribution in [1.29, 1.82) is 0 Å². The van der Waals surface area contributed by atoms with Crippen molar-refractivity contribution < 1.29 is 4.79 Å². The van der Waals surface area contributed by atoms with Crippen LogP contribution in [0.3, 0.4) is 0 Å². The Morgan fingerprint density at radius 3 is 2.20 bits per heavy atom. The van der Waals surface area contributed by atoms with Crippen molar-refractivity contribution in [3.63, 3.8) is 0 Å². The van der Waals surface area contributed by atoms with Crippen LogP contribution in [0.1, 0.15) is 73.1 Å². The zero-order valence-electron chi connectivity index (χ0n) is 11.2. The molecular formula is C14H28O. The Balaban J connectivity index is 3.65. The van der Waals surface area contributed by atoms with Crippen LogP contribution in [-0.2, 0) is 4.79 Å². The summed E-state index contributed by atoms with van der Waals surface area (Å²) < 4.78 is 0. The Morgan fingerprint density at radius 2 is 1.73 bits per heavy atom. The fourth-order valence-electron chi connectivity index (χ4n) is 1.64. The fraction of sp³-hybridized carbons (Fsp3) is 0.929. The number of carbonyl (C=O) groups is 1. The maximum absolute atomic E-state index is 11.8. The van der Waals surface area contributed by atoms with Gasteiger partial charge >= 0.3 is 0 Å². The summed E-state index contributed by atoms with van der Waals surface area (Å²) >= 11 is 0. The molecule has 0 bridgehead atoms. The van der Waals surface area contributed by atoms with Gasteiger partial charge in [0.2, 0.25) is 0 Å². The van der Waals surface area contributed by atoms with Gasteiger partial charge in [-0.3, -0.25) is 4.79 Å². The highest BCUT2D eigenvalue weighted by Gasteiger charge is 2.22. The molecular weight excluding hydrogens is 184 g/mol. The molecule has 0 saturated carbocycles. The molecule has 90 valence electrons. The van der Waals surface area contributed by atoms with Gasteiger partial charge in [-0.1, -0.05) is 66.7 Å². The minimum Gasteiger partial charge on any atom is -0.299 e. The van der Waals surface area contributed by atoms with Gasteiger partial charge in [0.25, 0.3) is 0 Å². The van der Waals surface area contributed by atoms with E-state index in [9.17, 15) is 4.79 Å². The molecule has 0 saturated heterocycles. The van der Waals surface area contributed by atoms with E-state index in [0.29, 0.717) is 11.7 Å². The van der Waals surface area contributed by atoms with Gasteiger partial charge in [-0.05, 0) is 5.92 Å². The summed E-state index contributed by atoms with van der Waals surface area (Å²) in [6.07, 6.45) is 7.20. The van der Waals surface area contributed by atoms with Crippen LogP contribution in [-0.4, -0.2) is 5.78 Å². The lowest BCUT2D eigenvalue weighted by Gasteiger charge is -2.19. The zero-order valence-corrected chi connectivity index (χ0v) is 11.2. The fourth-order valence-corrected chi connectivity index (χ4v) is 1.64. The van der Waals surface area contributed by atoms with Crippen LogP contribution in [0.2, 0.25) is 0 Å². The molecule has 0 aromatic rings. The third kappa shape index (κ3) is 7.58. The smallest absolute Gasteiger partial charge is 0.138 e. The molecule has 1 unspecified atom stereocenters. The molecule has 0 fully saturated rings. The molecule has 0 amide bonds. The highest BCUT2D eigenvalue weighted by atomic mass is 16.1. The maximum Gasteiger partial charge on any atom is 0.138 e. The Labute approximate surface area is 95.6 Å². The van der Waals surface area contributed by atoms with Crippen LogP contribution in [0.15, 0.2) is 0 Å². The summed E-state index contributed by atoms with van der Waals surface area (Å²) in [5.74, 6) is 0.971. The van der Waals surface area contributed by atoms with Gasteiger partial charge in [0.05, 0.1) is 0 Å². The van der Waals surface area contributed by atoms with Crippen LogP contribution < -0.4 is 0 Å².